The number of sulfonamides is 1. The summed E-state index contributed by atoms with van der Waals surface area (Å²) < 4.78 is 37.9. The number of hydrogen-bond acceptors (Lipinski definition) is 5. The highest BCUT2D eigenvalue weighted by atomic mass is 32.2. The van der Waals surface area contributed by atoms with Crippen molar-refractivity contribution >= 4 is 38.6 Å². The van der Waals surface area contributed by atoms with E-state index in [2.05, 4.69) is 15.0 Å². The maximum atomic E-state index is 13.0. The molecule has 0 unspecified atom stereocenters. The lowest BCUT2D eigenvalue weighted by Crippen LogP contribution is -2.13. The second-order valence-corrected chi connectivity index (χ2v) is 8.06. The van der Waals surface area contributed by atoms with E-state index in [9.17, 15) is 17.6 Å². The molecule has 0 atom stereocenters. The highest BCUT2D eigenvalue weighted by molar-refractivity contribution is 7.92. The van der Waals surface area contributed by atoms with Gasteiger partial charge in [0.25, 0.3) is 5.91 Å². The van der Waals surface area contributed by atoms with Crippen molar-refractivity contribution in [3.63, 3.8) is 0 Å². The molecule has 6 nitrogen and oxygen atoms in total. The van der Waals surface area contributed by atoms with Crippen LogP contribution in [0.1, 0.15) is 10.5 Å². The third-order valence-electron chi connectivity index (χ3n) is 3.25. The van der Waals surface area contributed by atoms with E-state index in [0.717, 1.165) is 11.8 Å². The fourth-order valence-electron chi connectivity index (χ4n) is 2.17. The molecule has 3 rings (SSSR count). The SMILES string of the molecule is CS(=O)(=O)Nc1cccc(NC(=O)c2csc(-c3ccc(F)cc3)n2)c1. The van der Waals surface area contributed by atoms with Crippen molar-refractivity contribution in [3.05, 3.63) is 65.4 Å². The molecule has 1 aromatic heterocycles. The van der Waals surface area contributed by atoms with E-state index in [0.29, 0.717) is 16.4 Å². The number of nitrogens with one attached hydrogen (secondary N) is 2. The van der Waals surface area contributed by atoms with Crippen LogP contribution in [0.15, 0.2) is 53.9 Å². The minimum atomic E-state index is -3.41. The summed E-state index contributed by atoms with van der Waals surface area (Å²) in [6.07, 6.45) is 1.05. The first kappa shape index (κ1) is 18.0. The molecule has 0 aliphatic carbocycles. The molecule has 3 aromatic rings. The Labute approximate surface area is 153 Å². The lowest BCUT2D eigenvalue weighted by Gasteiger charge is -2.07. The number of anilines is 2. The molecule has 0 saturated carbocycles. The summed E-state index contributed by atoms with van der Waals surface area (Å²) in [6, 6.07) is 12.2. The molecular formula is C17H14FN3O3S2. The number of halogens is 1. The minimum Gasteiger partial charge on any atom is -0.321 e. The highest BCUT2D eigenvalue weighted by Gasteiger charge is 2.13. The Balaban J connectivity index is 1.75. The lowest BCUT2D eigenvalue weighted by molar-refractivity contribution is 0.102. The van der Waals surface area contributed by atoms with Crippen LogP contribution in [0.3, 0.4) is 0 Å². The molecular weight excluding hydrogens is 377 g/mol. The molecule has 0 radical (unpaired) electrons. The molecule has 134 valence electrons. The average Bonchev–Trinajstić information content (AvgIpc) is 3.04. The number of carbonyl (C=O) groups is 1. The van der Waals surface area contributed by atoms with E-state index in [-0.39, 0.29) is 11.5 Å². The number of carbonyl (C=O) groups excluding carboxylic acids is 1. The quantitative estimate of drug-likeness (QED) is 0.696. The van der Waals surface area contributed by atoms with Crippen LogP contribution in [-0.2, 0) is 10.0 Å². The number of hydrogen-bond donors (Lipinski definition) is 2. The van der Waals surface area contributed by atoms with Crippen LogP contribution in [0.2, 0.25) is 0 Å². The van der Waals surface area contributed by atoms with Gasteiger partial charge in [-0.25, -0.2) is 17.8 Å². The first-order chi connectivity index (χ1) is 12.3. The minimum absolute atomic E-state index is 0.218. The van der Waals surface area contributed by atoms with Crippen LogP contribution in [0.25, 0.3) is 10.6 Å². The number of nitrogens with zero attached hydrogens (tertiary/aromatic N) is 1. The molecule has 0 bridgehead atoms. The van der Waals surface area contributed by atoms with Crippen LogP contribution in [0, 0.1) is 5.82 Å². The Bertz CT molecular complexity index is 1050. The highest BCUT2D eigenvalue weighted by Crippen LogP contribution is 2.24. The Hall–Kier alpha value is -2.78. The Morgan fingerprint density at radius 3 is 2.50 bits per heavy atom. The lowest BCUT2D eigenvalue weighted by atomic mass is 10.2. The van der Waals surface area contributed by atoms with Crippen LogP contribution >= 0.6 is 11.3 Å². The molecule has 0 fully saturated rings. The normalized spacial score (nSPS) is 11.2. The molecule has 0 saturated heterocycles. The fourth-order valence-corrected chi connectivity index (χ4v) is 3.53. The monoisotopic (exact) mass is 391 g/mol. The Morgan fingerprint density at radius 1 is 1.12 bits per heavy atom. The molecule has 9 heteroatoms. The number of thiazole rings is 1. The van der Waals surface area contributed by atoms with Crippen molar-refractivity contribution in [1.82, 2.24) is 4.98 Å². The topological polar surface area (TPSA) is 88.2 Å². The van der Waals surface area contributed by atoms with Crippen LogP contribution in [-0.4, -0.2) is 25.6 Å². The Morgan fingerprint density at radius 2 is 1.81 bits per heavy atom. The van der Waals surface area contributed by atoms with Crippen molar-refractivity contribution in [1.29, 1.82) is 0 Å². The maximum Gasteiger partial charge on any atom is 0.275 e. The maximum absolute atomic E-state index is 13.0. The summed E-state index contributed by atoms with van der Waals surface area (Å²) in [7, 11) is -3.41. The van der Waals surface area contributed by atoms with Gasteiger partial charge in [-0.1, -0.05) is 6.07 Å². The standard InChI is InChI=1S/C17H14FN3O3S2/c1-26(23,24)21-14-4-2-3-13(9-14)19-16(22)15-10-25-17(20-15)11-5-7-12(18)8-6-11/h2-10,21H,1H3,(H,19,22). The fraction of sp³-hybridized carbons (Fsp3) is 0.0588. The van der Waals surface area contributed by atoms with Gasteiger partial charge in [0.1, 0.15) is 16.5 Å². The van der Waals surface area contributed by atoms with Gasteiger partial charge in [0.2, 0.25) is 10.0 Å². The largest absolute Gasteiger partial charge is 0.321 e. The van der Waals surface area contributed by atoms with Gasteiger partial charge >= 0.3 is 0 Å². The summed E-state index contributed by atoms with van der Waals surface area (Å²) in [6.45, 7) is 0. The van der Waals surface area contributed by atoms with Crippen molar-refractivity contribution < 1.29 is 17.6 Å². The molecule has 2 aromatic carbocycles. The number of rotatable bonds is 5. The van der Waals surface area contributed by atoms with E-state index < -0.39 is 15.9 Å². The summed E-state index contributed by atoms with van der Waals surface area (Å²) in [4.78, 5) is 16.6. The molecule has 1 heterocycles. The van der Waals surface area contributed by atoms with Gasteiger partial charge in [-0.15, -0.1) is 11.3 Å². The van der Waals surface area contributed by atoms with Crippen molar-refractivity contribution in [2.75, 3.05) is 16.3 Å². The molecule has 0 aliphatic heterocycles. The third-order valence-corrected chi connectivity index (χ3v) is 4.75. The van der Waals surface area contributed by atoms with E-state index >= 15 is 0 Å². The second kappa shape index (κ2) is 7.22. The van der Waals surface area contributed by atoms with Crippen LogP contribution in [0.4, 0.5) is 15.8 Å². The first-order valence-electron chi connectivity index (χ1n) is 7.41. The zero-order valence-electron chi connectivity index (χ0n) is 13.6. The zero-order valence-corrected chi connectivity index (χ0v) is 15.2. The average molecular weight is 391 g/mol. The van der Waals surface area contributed by atoms with E-state index in [4.69, 9.17) is 0 Å². The molecule has 0 spiro atoms. The number of amides is 1. The molecule has 0 aliphatic rings. The van der Waals surface area contributed by atoms with E-state index in [1.54, 1.807) is 35.7 Å². The number of benzene rings is 2. The van der Waals surface area contributed by atoms with Gasteiger partial charge in [-0.05, 0) is 42.5 Å². The van der Waals surface area contributed by atoms with E-state index in [1.807, 2.05) is 0 Å². The smallest absolute Gasteiger partial charge is 0.275 e. The summed E-state index contributed by atoms with van der Waals surface area (Å²) in [5, 5.41) is 4.87. The first-order valence-corrected chi connectivity index (χ1v) is 10.2. The molecule has 1 amide bonds. The summed E-state index contributed by atoms with van der Waals surface area (Å²) >= 11 is 1.27. The summed E-state index contributed by atoms with van der Waals surface area (Å²) in [5.41, 5.74) is 1.71. The van der Waals surface area contributed by atoms with Gasteiger partial charge < -0.3 is 5.32 Å². The van der Waals surface area contributed by atoms with Gasteiger partial charge in [-0.2, -0.15) is 0 Å². The predicted octanol–water partition coefficient (Wildman–Crippen LogP) is 3.57. The van der Waals surface area contributed by atoms with Crippen molar-refractivity contribution in [2.24, 2.45) is 0 Å². The number of aromatic nitrogens is 1. The molecule has 2 N–H and O–H groups in total. The van der Waals surface area contributed by atoms with E-state index in [1.165, 1.54) is 29.5 Å². The van der Waals surface area contributed by atoms with Crippen LogP contribution < -0.4 is 10.0 Å². The van der Waals surface area contributed by atoms with Gasteiger partial charge in [-0.3, -0.25) is 9.52 Å². The molecule has 26 heavy (non-hydrogen) atoms. The van der Waals surface area contributed by atoms with Crippen molar-refractivity contribution in [2.45, 2.75) is 0 Å². The predicted molar refractivity (Wildman–Crippen MR) is 100 cm³/mol. The summed E-state index contributed by atoms with van der Waals surface area (Å²) in [5.74, 6) is -0.767. The van der Waals surface area contributed by atoms with Gasteiger partial charge in [0.05, 0.1) is 11.9 Å². The van der Waals surface area contributed by atoms with Crippen molar-refractivity contribution in [3.8, 4) is 10.6 Å². The third kappa shape index (κ3) is 4.64. The second-order valence-electron chi connectivity index (χ2n) is 5.45. The van der Waals surface area contributed by atoms with Gasteiger partial charge in [0, 0.05) is 16.6 Å². The zero-order chi connectivity index (χ0) is 18.7. The Kier molecular flexibility index (Phi) is 5.01. The van der Waals surface area contributed by atoms with Gasteiger partial charge in [0.15, 0.2) is 0 Å². The van der Waals surface area contributed by atoms with Crippen LogP contribution in [0.5, 0.6) is 0 Å².